The lowest BCUT2D eigenvalue weighted by Crippen LogP contribution is -2.41. The summed E-state index contributed by atoms with van der Waals surface area (Å²) in [6, 6.07) is 7.19. The molecular weight excluding hydrogens is 296 g/mol. The summed E-state index contributed by atoms with van der Waals surface area (Å²) < 4.78 is 15.8. The molecule has 0 N–H and O–H groups in total. The van der Waals surface area contributed by atoms with E-state index in [1.165, 1.54) is 19.9 Å². The second-order valence-corrected chi connectivity index (χ2v) is 6.34. The molecule has 1 heterocycles. The standard InChI is InChI=1S/C18H22O5/c1-12(2)8-9-21-14-7-5-6-13(10-14)11-15-16(19)22-18(3,4)23-17(15)20/h5-7,10-12H,8-9H2,1-4H3. The maximum Gasteiger partial charge on any atom is 0.348 e. The molecule has 1 aromatic carbocycles. The van der Waals surface area contributed by atoms with E-state index in [1.807, 2.05) is 6.07 Å². The molecule has 0 unspecified atom stereocenters. The van der Waals surface area contributed by atoms with Crippen LogP contribution in [0.4, 0.5) is 0 Å². The van der Waals surface area contributed by atoms with Crippen molar-refractivity contribution in [3.63, 3.8) is 0 Å². The van der Waals surface area contributed by atoms with E-state index >= 15 is 0 Å². The second kappa shape index (κ2) is 6.86. The third kappa shape index (κ3) is 4.84. The van der Waals surface area contributed by atoms with E-state index in [1.54, 1.807) is 18.2 Å². The van der Waals surface area contributed by atoms with Gasteiger partial charge in [-0.3, -0.25) is 0 Å². The summed E-state index contributed by atoms with van der Waals surface area (Å²) >= 11 is 0. The number of cyclic esters (lactones) is 2. The van der Waals surface area contributed by atoms with Crippen LogP contribution in [0.3, 0.4) is 0 Å². The van der Waals surface area contributed by atoms with Crippen molar-refractivity contribution in [1.82, 2.24) is 0 Å². The highest BCUT2D eigenvalue weighted by Crippen LogP contribution is 2.25. The van der Waals surface area contributed by atoms with Crippen LogP contribution in [0, 0.1) is 5.92 Å². The molecule has 0 amide bonds. The molecule has 1 fully saturated rings. The molecule has 1 aliphatic heterocycles. The Morgan fingerprint density at radius 2 is 1.83 bits per heavy atom. The van der Waals surface area contributed by atoms with Gasteiger partial charge in [-0.05, 0) is 36.1 Å². The van der Waals surface area contributed by atoms with Crippen LogP contribution >= 0.6 is 0 Å². The van der Waals surface area contributed by atoms with Crippen molar-refractivity contribution in [2.45, 2.75) is 39.9 Å². The van der Waals surface area contributed by atoms with Crippen molar-refractivity contribution in [2.75, 3.05) is 6.61 Å². The molecule has 124 valence electrons. The van der Waals surface area contributed by atoms with Crippen LogP contribution in [0.1, 0.15) is 39.7 Å². The molecule has 0 atom stereocenters. The van der Waals surface area contributed by atoms with E-state index in [2.05, 4.69) is 13.8 Å². The largest absolute Gasteiger partial charge is 0.494 e. The van der Waals surface area contributed by atoms with E-state index in [-0.39, 0.29) is 5.57 Å². The first-order chi connectivity index (χ1) is 10.8. The minimum absolute atomic E-state index is 0.122. The topological polar surface area (TPSA) is 61.8 Å². The number of rotatable bonds is 5. The van der Waals surface area contributed by atoms with Crippen LogP contribution in [0.15, 0.2) is 29.8 Å². The molecule has 5 heteroatoms. The fourth-order valence-corrected chi connectivity index (χ4v) is 2.05. The average molecular weight is 318 g/mol. The molecule has 0 aliphatic carbocycles. The molecule has 1 aromatic rings. The third-order valence-corrected chi connectivity index (χ3v) is 3.25. The molecule has 2 rings (SSSR count). The molecule has 23 heavy (non-hydrogen) atoms. The lowest BCUT2D eigenvalue weighted by Gasteiger charge is -2.29. The van der Waals surface area contributed by atoms with Gasteiger partial charge in [-0.25, -0.2) is 9.59 Å². The Kier molecular flexibility index (Phi) is 5.08. The summed E-state index contributed by atoms with van der Waals surface area (Å²) in [5, 5.41) is 0. The maximum absolute atomic E-state index is 11.9. The summed E-state index contributed by atoms with van der Waals surface area (Å²) in [6.07, 6.45) is 2.41. The molecule has 0 radical (unpaired) electrons. The summed E-state index contributed by atoms with van der Waals surface area (Å²) in [4.78, 5) is 23.9. The zero-order chi connectivity index (χ0) is 17.0. The van der Waals surface area contributed by atoms with Crippen molar-refractivity contribution >= 4 is 18.0 Å². The van der Waals surface area contributed by atoms with Crippen LogP contribution in [-0.4, -0.2) is 24.3 Å². The van der Waals surface area contributed by atoms with Crippen molar-refractivity contribution in [2.24, 2.45) is 5.92 Å². The van der Waals surface area contributed by atoms with Crippen LogP contribution in [0.5, 0.6) is 5.75 Å². The number of hydrogen-bond donors (Lipinski definition) is 0. The molecule has 0 aromatic heterocycles. The highest BCUT2D eigenvalue weighted by atomic mass is 16.7. The summed E-state index contributed by atoms with van der Waals surface area (Å²) in [6.45, 7) is 7.92. The molecule has 1 saturated heterocycles. The Balaban J connectivity index is 2.13. The van der Waals surface area contributed by atoms with Gasteiger partial charge in [-0.15, -0.1) is 0 Å². The Morgan fingerprint density at radius 1 is 1.17 bits per heavy atom. The predicted octanol–water partition coefficient (Wildman–Crippen LogP) is 3.33. The number of carbonyl (C=O) groups excluding carboxylic acids is 2. The lowest BCUT2D eigenvalue weighted by molar-refractivity contribution is -0.222. The minimum Gasteiger partial charge on any atom is -0.494 e. The highest BCUT2D eigenvalue weighted by Gasteiger charge is 2.38. The fraction of sp³-hybridized carbons (Fsp3) is 0.444. The van der Waals surface area contributed by atoms with Gasteiger partial charge < -0.3 is 14.2 Å². The van der Waals surface area contributed by atoms with Gasteiger partial charge in [0.1, 0.15) is 11.3 Å². The Hall–Kier alpha value is -2.30. The number of ether oxygens (including phenoxy) is 3. The first-order valence-corrected chi connectivity index (χ1v) is 7.68. The number of hydrogen-bond acceptors (Lipinski definition) is 5. The quantitative estimate of drug-likeness (QED) is 0.473. The van der Waals surface area contributed by atoms with E-state index in [0.29, 0.717) is 23.8 Å². The Labute approximate surface area is 136 Å². The van der Waals surface area contributed by atoms with Crippen LogP contribution in [0.25, 0.3) is 6.08 Å². The Bertz CT molecular complexity index is 606. The van der Waals surface area contributed by atoms with E-state index < -0.39 is 17.7 Å². The van der Waals surface area contributed by atoms with E-state index in [0.717, 1.165) is 6.42 Å². The van der Waals surface area contributed by atoms with Gasteiger partial charge in [0.25, 0.3) is 5.79 Å². The van der Waals surface area contributed by atoms with Gasteiger partial charge >= 0.3 is 11.9 Å². The second-order valence-electron chi connectivity index (χ2n) is 6.34. The first kappa shape index (κ1) is 17.1. The molecule has 0 bridgehead atoms. The van der Waals surface area contributed by atoms with Crippen molar-refractivity contribution in [3.05, 3.63) is 35.4 Å². The lowest BCUT2D eigenvalue weighted by atomic mass is 10.1. The van der Waals surface area contributed by atoms with E-state index in [4.69, 9.17) is 14.2 Å². The van der Waals surface area contributed by atoms with Crippen molar-refractivity contribution in [3.8, 4) is 5.75 Å². The highest BCUT2D eigenvalue weighted by molar-refractivity contribution is 6.18. The minimum atomic E-state index is -1.23. The van der Waals surface area contributed by atoms with Gasteiger partial charge in [0.2, 0.25) is 0 Å². The van der Waals surface area contributed by atoms with Gasteiger partial charge in [-0.1, -0.05) is 26.0 Å². The zero-order valence-corrected chi connectivity index (χ0v) is 13.9. The van der Waals surface area contributed by atoms with Gasteiger partial charge in [0.15, 0.2) is 0 Å². The molecule has 0 saturated carbocycles. The molecule has 5 nitrogen and oxygen atoms in total. The summed E-state index contributed by atoms with van der Waals surface area (Å²) in [7, 11) is 0. The van der Waals surface area contributed by atoms with Gasteiger partial charge in [-0.2, -0.15) is 0 Å². The predicted molar refractivity (Wildman–Crippen MR) is 85.6 cm³/mol. The number of esters is 2. The Morgan fingerprint density at radius 3 is 2.43 bits per heavy atom. The molecular formula is C18H22O5. The molecule has 1 aliphatic rings. The summed E-state index contributed by atoms with van der Waals surface area (Å²) in [5.74, 6) is -1.34. The SMILES string of the molecule is CC(C)CCOc1cccc(C=C2C(=O)OC(C)(C)OC2=O)c1. The number of benzene rings is 1. The van der Waals surface area contributed by atoms with Crippen LogP contribution < -0.4 is 4.74 Å². The van der Waals surface area contributed by atoms with E-state index in [9.17, 15) is 9.59 Å². The smallest absolute Gasteiger partial charge is 0.348 e. The normalized spacial score (nSPS) is 16.8. The van der Waals surface area contributed by atoms with Crippen LogP contribution in [-0.2, 0) is 19.1 Å². The third-order valence-electron chi connectivity index (χ3n) is 3.25. The fourth-order valence-electron chi connectivity index (χ4n) is 2.05. The van der Waals surface area contributed by atoms with Crippen molar-refractivity contribution < 1.29 is 23.8 Å². The number of carbonyl (C=O) groups is 2. The van der Waals surface area contributed by atoms with Gasteiger partial charge in [0.05, 0.1) is 6.61 Å². The zero-order valence-electron chi connectivity index (χ0n) is 13.9. The van der Waals surface area contributed by atoms with Gasteiger partial charge in [0, 0.05) is 13.8 Å². The van der Waals surface area contributed by atoms with Crippen LogP contribution in [0.2, 0.25) is 0 Å². The average Bonchev–Trinajstić information content (AvgIpc) is 2.42. The molecule has 0 spiro atoms. The monoisotopic (exact) mass is 318 g/mol. The first-order valence-electron chi connectivity index (χ1n) is 7.68. The maximum atomic E-state index is 11.9. The van der Waals surface area contributed by atoms with Crippen molar-refractivity contribution in [1.29, 1.82) is 0 Å². The summed E-state index contributed by atoms with van der Waals surface area (Å²) in [5.41, 5.74) is 0.555.